The van der Waals surface area contributed by atoms with Gasteiger partial charge in [0.15, 0.2) is 0 Å². The number of hydrogen-bond donors (Lipinski definition) is 1. The van der Waals surface area contributed by atoms with Crippen molar-refractivity contribution in [3.63, 3.8) is 0 Å². The molecular weight excluding hydrogens is 212 g/mol. The summed E-state index contributed by atoms with van der Waals surface area (Å²) < 4.78 is 5.51. The predicted molar refractivity (Wildman–Crippen MR) is 73.5 cm³/mol. The summed E-state index contributed by atoms with van der Waals surface area (Å²) in [7, 11) is 0. The molecule has 2 nitrogen and oxygen atoms in total. The van der Waals surface area contributed by atoms with Crippen LogP contribution in [0.3, 0.4) is 0 Å². The van der Waals surface area contributed by atoms with Gasteiger partial charge in [-0.05, 0) is 43.7 Å². The number of hydrogen-bond acceptors (Lipinski definition) is 2. The van der Waals surface area contributed by atoms with Gasteiger partial charge in [0, 0.05) is 0 Å². The van der Waals surface area contributed by atoms with Gasteiger partial charge in [0.1, 0.15) is 18.1 Å². The first-order valence-corrected chi connectivity index (χ1v) is 5.92. The highest BCUT2D eigenvalue weighted by Gasteiger charge is 1.94. The first-order chi connectivity index (χ1) is 8.22. The molecule has 0 saturated carbocycles. The van der Waals surface area contributed by atoms with Gasteiger partial charge in [-0.1, -0.05) is 32.1 Å². The molecule has 0 amide bonds. The fraction of sp³-hybridized carbons (Fsp3) is 0.333. The fourth-order valence-corrected chi connectivity index (χ4v) is 1.05. The molecule has 94 valence electrons. The summed E-state index contributed by atoms with van der Waals surface area (Å²) in [6.45, 7) is 8.56. The minimum Gasteiger partial charge on any atom is -0.508 e. The standard InChI is InChI=1S/C13H16O2.C2H6/c1-3-4-5-11(2)10-15-13-8-6-12(14)7-9-13;1-2/h3-9,14H,10H2,1-2H3;1-2H3/b4-3-,11-5+;. The molecule has 0 unspecified atom stereocenters. The van der Waals surface area contributed by atoms with Crippen LogP contribution in [0.1, 0.15) is 27.7 Å². The molecule has 0 aliphatic carbocycles. The van der Waals surface area contributed by atoms with Gasteiger partial charge < -0.3 is 9.84 Å². The van der Waals surface area contributed by atoms with E-state index in [1.54, 1.807) is 24.3 Å². The van der Waals surface area contributed by atoms with Crippen LogP contribution in [0.25, 0.3) is 0 Å². The molecule has 1 aromatic carbocycles. The van der Waals surface area contributed by atoms with Gasteiger partial charge in [-0.3, -0.25) is 0 Å². The van der Waals surface area contributed by atoms with Gasteiger partial charge in [0.25, 0.3) is 0 Å². The summed E-state index contributed by atoms with van der Waals surface area (Å²) >= 11 is 0. The summed E-state index contributed by atoms with van der Waals surface area (Å²) in [4.78, 5) is 0. The first kappa shape index (κ1) is 15.3. The predicted octanol–water partition coefficient (Wildman–Crippen LogP) is 4.32. The molecule has 1 N–H and O–H groups in total. The van der Waals surface area contributed by atoms with E-state index in [1.165, 1.54) is 0 Å². The zero-order valence-electron chi connectivity index (χ0n) is 11.1. The summed E-state index contributed by atoms with van der Waals surface area (Å²) in [6.07, 6.45) is 5.97. The van der Waals surface area contributed by atoms with Crippen molar-refractivity contribution >= 4 is 0 Å². The smallest absolute Gasteiger partial charge is 0.120 e. The third-order valence-corrected chi connectivity index (χ3v) is 1.88. The normalized spacial score (nSPS) is 10.9. The summed E-state index contributed by atoms with van der Waals surface area (Å²) in [5.74, 6) is 1.02. The Kier molecular flexibility index (Phi) is 8.57. The third-order valence-electron chi connectivity index (χ3n) is 1.88. The van der Waals surface area contributed by atoms with Gasteiger partial charge in [-0.25, -0.2) is 0 Å². The number of aromatic hydroxyl groups is 1. The van der Waals surface area contributed by atoms with E-state index < -0.39 is 0 Å². The Morgan fingerprint density at radius 3 is 2.35 bits per heavy atom. The van der Waals surface area contributed by atoms with Crippen LogP contribution in [-0.4, -0.2) is 11.7 Å². The van der Waals surface area contributed by atoms with Crippen molar-refractivity contribution in [1.29, 1.82) is 0 Å². The number of benzene rings is 1. The van der Waals surface area contributed by atoms with E-state index in [2.05, 4.69) is 0 Å². The van der Waals surface area contributed by atoms with E-state index in [0.29, 0.717) is 6.61 Å². The fourth-order valence-electron chi connectivity index (χ4n) is 1.05. The van der Waals surface area contributed by atoms with Crippen LogP contribution < -0.4 is 4.74 Å². The summed E-state index contributed by atoms with van der Waals surface area (Å²) in [5, 5.41) is 9.07. The van der Waals surface area contributed by atoms with Crippen molar-refractivity contribution in [2.24, 2.45) is 0 Å². The lowest BCUT2D eigenvalue weighted by molar-refractivity contribution is 0.351. The second-order valence-corrected chi connectivity index (χ2v) is 3.32. The Balaban J connectivity index is 0.00000121. The van der Waals surface area contributed by atoms with Crippen LogP contribution in [0.5, 0.6) is 11.5 Å². The number of phenolic OH excluding ortho intramolecular Hbond substituents is 1. The maximum absolute atomic E-state index is 9.07. The van der Waals surface area contributed by atoms with Gasteiger partial charge >= 0.3 is 0 Å². The maximum Gasteiger partial charge on any atom is 0.120 e. The average Bonchev–Trinajstić information content (AvgIpc) is 2.38. The van der Waals surface area contributed by atoms with Crippen LogP contribution in [-0.2, 0) is 0 Å². The average molecular weight is 234 g/mol. The van der Waals surface area contributed by atoms with Crippen molar-refractivity contribution in [1.82, 2.24) is 0 Å². The molecule has 2 heteroatoms. The highest BCUT2D eigenvalue weighted by molar-refractivity contribution is 5.30. The highest BCUT2D eigenvalue weighted by Crippen LogP contribution is 2.16. The van der Waals surface area contributed by atoms with Crippen LogP contribution in [0.15, 0.2) is 48.1 Å². The lowest BCUT2D eigenvalue weighted by atomic mass is 10.3. The van der Waals surface area contributed by atoms with Crippen LogP contribution >= 0.6 is 0 Å². The Morgan fingerprint density at radius 1 is 1.24 bits per heavy atom. The molecule has 0 fully saturated rings. The van der Waals surface area contributed by atoms with E-state index in [1.807, 2.05) is 45.9 Å². The van der Waals surface area contributed by atoms with Gasteiger partial charge in [-0.2, -0.15) is 0 Å². The minimum absolute atomic E-state index is 0.253. The highest BCUT2D eigenvalue weighted by atomic mass is 16.5. The molecule has 0 radical (unpaired) electrons. The Bertz CT molecular complexity index is 348. The molecule has 1 rings (SSSR count). The van der Waals surface area contributed by atoms with Gasteiger partial charge in [0.2, 0.25) is 0 Å². The van der Waals surface area contributed by atoms with Crippen molar-refractivity contribution in [3.8, 4) is 11.5 Å². The Morgan fingerprint density at radius 2 is 1.82 bits per heavy atom. The summed E-state index contributed by atoms with van der Waals surface area (Å²) in [6, 6.07) is 6.72. The largest absolute Gasteiger partial charge is 0.508 e. The first-order valence-electron chi connectivity index (χ1n) is 5.92. The lowest BCUT2D eigenvalue weighted by Gasteiger charge is -2.05. The van der Waals surface area contributed by atoms with Gasteiger partial charge in [-0.15, -0.1) is 0 Å². The summed E-state index contributed by atoms with van der Waals surface area (Å²) in [5.41, 5.74) is 1.15. The molecule has 0 aromatic heterocycles. The number of phenols is 1. The number of ether oxygens (including phenoxy) is 1. The third kappa shape index (κ3) is 7.23. The van der Waals surface area contributed by atoms with Crippen molar-refractivity contribution in [2.45, 2.75) is 27.7 Å². The second-order valence-electron chi connectivity index (χ2n) is 3.32. The molecule has 0 aliphatic rings. The van der Waals surface area contributed by atoms with E-state index >= 15 is 0 Å². The van der Waals surface area contributed by atoms with Crippen molar-refractivity contribution < 1.29 is 9.84 Å². The molecule has 0 heterocycles. The molecule has 0 aliphatic heterocycles. The van der Waals surface area contributed by atoms with Gasteiger partial charge in [0.05, 0.1) is 0 Å². The second kappa shape index (κ2) is 9.52. The molecular formula is C15H22O2. The van der Waals surface area contributed by atoms with Crippen LogP contribution in [0, 0.1) is 0 Å². The monoisotopic (exact) mass is 234 g/mol. The molecule has 0 spiro atoms. The molecule has 0 atom stereocenters. The van der Waals surface area contributed by atoms with Crippen LogP contribution in [0.4, 0.5) is 0 Å². The molecule has 1 aromatic rings. The quantitative estimate of drug-likeness (QED) is 0.786. The number of rotatable bonds is 4. The van der Waals surface area contributed by atoms with E-state index in [0.717, 1.165) is 11.3 Å². The van der Waals surface area contributed by atoms with E-state index in [-0.39, 0.29) is 5.75 Å². The van der Waals surface area contributed by atoms with Crippen LogP contribution in [0.2, 0.25) is 0 Å². The SMILES string of the molecule is C/C=C\C=C(/C)COc1ccc(O)cc1.CC. The molecule has 0 saturated heterocycles. The zero-order valence-corrected chi connectivity index (χ0v) is 11.1. The maximum atomic E-state index is 9.07. The number of allylic oxidation sites excluding steroid dienone is 3. The molecule has 0 bridgehead atoms. The minimum atomic E-state index is 0.253. The Labute approximate surface area is 104 Å². The van der Waals surface area contributed by atoms with Crippen molar-refractivity contribution in [2.75, 3.05) is 6.61 Å². The molecule has 17 heavy (non-hydrogen) atoms. The zero-order chi connectivity index (χ0) is 13.1. The van der Waals surface area contributed by atoms with E-state index in [4.69, 9.17) is 9.84 Å². The topological polar surface area (TPSA) is 29.5 Å². The van der Waals surface area contributed by atoms with Crippen molar-refractivity contribution in [3.05, 3.63) is 48.1 Å². The lowest BCUT2D eigenvalue weighted by Crippen LogP contribution is -1.97. The Hall–Kier alpha value is -1.70. The van der Waals surface area contributed by atoms with E-state index in [9.17, 15) is 0 Å².